The molecule has 2 atom stereocenters. The number of alkyl halides is 3. The number of amides is 1. The number of ether oxygens (including phenoxy) is 1. The summed E-state index contributed by atoms with van der Waals surface area (Å²) in [6.07, 6.45) is 1.25. The Bertz CT molecular complexity index is 1190. The molecule has 0 saturated carbocycles. The number of aromatic nitrogens is 1. The molecule has 7 nitrogen and oxygen atoms in total. The van der Waals surface area contributed by atoms with Crippen molar-refractivity contribution >= 4 is 11.6 Å². The molecule has 10 heteroatoms. The van der Waals surface area contributed by atoms with Crippen molar-refractivity contribution in [1.29, 1.82) is 0 Å². The lowest BCUT2D eigenvalue weighted by molar-refractivity contribution is -0.138. The molecule has 2 aromatic rings. The van der Waals surface area contributed by atoms with Gasteiger partial charge in [0, 0.05) is 37.6 Å². The molecule has 0 radical (unpaired) electrons. The third-order valence-electron chi connectivity index (χ3n) is 7.72. The molecule has 2 aliphatic heterocycles. The van der Waals surface area contributed by atoms with E-state index in [9.17, 15) is 22.8 Å². The summed E-state index contributed by atoms with van der Waals surface area (Å²) in [5.74, 6) is -0.441. The van der Waals surface area contributed by atoms with E-state index in [2.05, 4.69) is 22.6 Å². The van der Waals surface area contributed by atoms with Gasteiger partial charge in [-0.2, -0.15) is 13.2 Å². The summed E-state index contributed by atoms with van der Waals surface area (Å²) in [6.45, 7) is 6.07. The number of halogens is 3. The van der Waals surface area contributed by atoms with Crippen LogP contribution in [0.4, 0.5) is 18.9 Å². The number of likely N-dealkylation sites (tertiary alicyclic amines) is 1. The Morgan fingerprint density at radius 2 is 1.87 bits per heavy atom. The van der Waals surface area contributed by atoms with Crippen molar-refractivity contribution in [3.05, 3.63) is 63.1 Å². The molecule has 1 aromatic carbocycles. The number of benzene rings is 1. The molecule has 3 heterocycles. The number of carbonyl (C=O) groups is 1. The van der Waals surface area contributed by atoms with Gasteiger partial charge in [-0.25, -0.2) is 0 Å². The van der Waals surface area contributed by atoms with Gasteiger partial charge in [0.05, 0.1) is 22.9 Å². The van der Waals surface area contributed by atoms with Gasteiger partial charge in [-0.1, -0.05) is 12.1 Å². The van der Waals surface area contributed by atoms with Crippen LogP contribution in [0.5, 0.6) is 0 Å². The van der Waals surface area contributed by atoms with Gasteiger partial charge < -0.3 is 24.8 Å². The van der Waals surface area contributed by atoms with Gasteiger partial charge in [-0.3, -0.25) is 9.59 Å². The molecule has 2 aliphatic rings. The second-order valence-corrected chi connectivity index (χ2v) is 10.5. The zero-order valence-electron chi connectivity index (χ0n) is 22.2. The van der Waals surface area contributed by atoms with Gasteiger partial charge in [-0.15, -0.1) is 0 Å². The number of nitrogens with zero attached hydrogens (tertiary/aromatic N) is 2. The maximum atomic E-state index is 13.6. The number of anilines is 1. The monoisotopic (exact) mass is 534 g/mol. The molecular weight excluding hydrogens is 497 g/mol. The smallest absolute Gasteiger partial charge is 0.381 e. The molecule has 1 aromatic heterocycles. The SMILES string of the molecule is Cc1c([C@@H](C)NC(=O)c2cn(C3CCOCC3)c(=O)cc2N[C@H]2CCCN(C)CC2)cccc1C(F)(F)F. The van der Waals surface area contributed by atoms with Crippen LogP contribution in [0.3, 0.4) is 0 Å². The van der Waals surface area contributed by atoms with E-state index in [4.69, 9.17) is 4.74 Å². The predicted octanol–water partition coefficient (Wildman–Crippen LogP) is 4.91. The quantitative estimate of drug-likeness (QED) is 0.551. The zero-order valence-corrected chi connectivity index (χ0v) is 22.2. The first-order chi connectivity index (χ1) is 18.0. The van der Waals surface area contributed by atoms with Crippen molar-refractivity contribution in [2.45, 2.75) is 70.3 Å². The highest BCUT2D eigenvalue weighted by molar-refractivity contribution is 5.99. The van der Waals surface area contributed by atoms with Gasteiger partial charge >= 0.3 is 6.18 Å². The third-order valence-corrected chi connectivity index (χ3v) is 7.72. The van der Waals surface area contributed by atoms with Crippen LogP contribution in [-0.2, 0) is 10.9 Å². The highest BCUT2D eigenvalue weighted by atomic mass is 19.4. The van der Waals surface area contributed by atoms with Gasteiger partial charge in [0.1, 0.15) is 0 Å². The van der Waals surface area contributed by atoms with Crippen molar-refractivity contribution in [2.75, 3.05) is 38.7 Å². The van der Waals surface area contributed by atoms with Crippen LogP contribution in [0, 0.1) is 6.92 Å². The first-order valence-corrected chi connectivity index (χ1v) is 13.3. The number of hydrogen-bond donors (Lipinski definition) is 2. The summed E-state index contributed by atoms with van der Waals surface area (Å²) in [5, 5.41) is 6.33. The molecule has 2 saturated heterocycles. The Morgan fingerprint density at radius 1 is 1.13 bits per heavy atom. The lowest BCUT2D eigenvalue weighted by Gasteiger charge is -2.27. The minimum atomic E-state index is -4.48. The highest BCUT2D eigenvalue weighted by Crippen LogP contribution is 2.34. The Labute approximate surface area is 221 Å². The number of rotatable bonds is 6. The summed E-state index contributed by atoms with van der Waals surface area (Å²) < 4.78 is 47.4. The zero-order chi connectivity index (χ0) is 27.4. The fraction of sp³-hybridized carbons (Fsp3) is 0.571. The minimum absolute atomic E-state index is 0.0773. The second-order valence-electron chi connectivity index (χ2n) is 10.5. The van der Waals surface area contributed by atoms with E-state index in [-0.39, 0.29) is 23.2 Å². The van der Waals surface area contributed by atoms with Gasteiger partial charge in [-0.05, 0) is 83.3 Å². The molecule has 38 heavy (non-hydrogen) atoms. The number of nitrogens with one attached hydrogen (secondary N) is 2. The molecule has 0 unspecified atom stereocenters. The third kappa shape index (κ3) is 6.58. The van der Waals surface area contributed by atoms with Crippen LogP contribution in [0.1, 0.15) is 78.2 Å². The molecular formula is C28H37F3N4O3. The Balaban J connectivity index is 1.64. The molecule has 2 N–H and O–H groups in total. The van der Waals surface area contributed by atoms with Crippen LogP contribution < -0.4 is 16.2 Å². The Hall–Kier alpha value is -2.85. The standard InChI is InChI=1S/C28H37F3N4O3/c1-18-22(7-4-8-24(18)28(29,30)31)19(2)32-27(37)23-17-35(21-10-14-38-15-11-21)26(36)16-25(23)33-20-6-5-12-34(3)13-9-20/h4,7-8,16-17,19-21,33H,5-6,9-15H2,1-3H3,(H,32,37)/t19-,20+/m1/s1. The van der Waals surface area contributed by atoms with Crippen LogP contribution in [-0.4, -0.2) is 54.8 Å². The first kappa shape index (κ1) is 28.2. The average molecular weight is 535 g/mol. The van der Waals surface area contributed by atoms with E-state index in [0.29, 0.717) is 42.9 Å². The molecule has 1 amide bonds. The van der Waals surface area contributed by atoms with E-state index in [1.165, 1.54) is 19.1 Å². The van der Waals surface area contributed by atoms with Gasteiger partial charge in [0.25, 0.3) is 11.5 Å². The van der Waals surface area contributed by atoms with Crippen molar-refractivity contribution in [3.63, 3.8) is 0 Å². The summed E-state index contributed by atoms with van der Waals surface area (Å²) >= 11 is 0. The fourth-order valence-corrected chi connectivity index (χ4v) is 5.48. The summed E-state index contributed by atoms with van der Waals surface area (Å²) in [4.78, 5) is 29.0. The minimum Gasteiger partial charge on any atom is -0.381 e. The second kappa shape index (κ2) is 11.9. The van der Waals surface area contributed by atoms with Crippen molar-refractivity contribution in [2.24, 2.45) is 0 Å². The fourth-order valence-electron chi connectivity index (χ4n) is 5.48. The molecule has 0 bridgehead atoms. The first-order valence-electron chi connectivity index (χ1n) is 13.3. The molecule has 0 spiro atoms. The normalized spacial score (nSPS) is 20.5. The van der Waals surface area contributed by atoms with E-state index in [0.717, 1.165) is 38.4 Å². The summed E-state index contributed by atoms with van der Waals surface area (Å²) in [5.41, 5.74) is 0.338. The number of pyridine rings is 1. The molecule has 2 fully saturated rings. The number of carbonyl (C=O) groups excluding carboxylic acids is 1. The van der Waals surface area contributed by atoms with Crippen molar-refractivity contribution in [3.8, 4) is 0 Å². The topological polar surface area (TPSA) is 75.6 Å². The molecule has 4 rings (SSSR count). The number of hydrogen-bond acceptors (Lipinski definition) is 5. The maximum absolute atomic E-state index is 13.6. The lowest BCUT2D eigenvalue weighted by Crippen LogP contribution is -2.34. The molecule has 208 valence electrons. The van der Waals surface area contributed by atoms with E-state index in [1.54, 1.807) is 23.8 Å². The van der Waals surface area contributed by atoms with E-state index >= 15 is 0 Å². The summed E-state index contributed by atoms with van der Waals surface area (Å²) in [7, 11) is 2.08. The Morgan fingerprint density at radius 3 is 2.58 bits per heavy atom. The van der Waals surface area contributed by atoms with Crippen LogP contribution in [0.15, 0.2) is 35.3 Å². The Kier molecular flexibility index (Phi) is 8.82. The van der Waals surface area contributed by atoms with Crippen LogP contribution in [0.25, 0.3) is 0 Å². The van der Waals surface area contributed by atoms with Crippen LogP contribution >= 0.6 is 0 Å². The highest BCUT2D eigenvalue weighted by Gasteiger charge is 2.33. The lowest BCUT2D eigenvalue weighted by atomic mass is 9.97. The van der Waals surface area contributed by atoms with E-state index < -0.39 is 23.7 Å². The molecule has 0 aliphatic carbocycles. The van der Waals surface area contributed by atoms with Crippen molar-refractivity contribution in [1.82, 2.24) is 14.8 Å². The summed E-state index contributed by atoms with van der Waals surface area (Å²) in [6, 6.07) is 4.84. The van der Waals surface area contributed by atoms with Crippen molar-refractivity contribution < 1.29 is 22.7 Å². The van der Waals surface area contributed by atoms with Gasteiger partial charge in [0.15, 0.2) is 0 Å². The van der Waals surface area contributed by atoms with Crippen LogP contribution in [0.2, 0.25) is 0 Å². The maximum Gasteiger partial charge on any atom is 0.416 e. The largest absolute Gasteiger partial charge is 0.416 e. The van der Waals surface area contributed by atoms with Gasteiger partial charge in [0.2, 0.25) is 0 Å². The van der Waals surface area contributed by atoms with E-state index in [1.807, 2.05) is 0 Å². The average Bonchev–Trinajstić information content (AvgIpc) is 3.07. The predicted molar refractivity (Wildman–Crippen MR) is 141 cm³/mol.